The zero-order valence-corrected chi connectivity index (χ0v) is 15.4. The van der Waals surface area contributed by atoms with E-state index in [9.17, 15) is 9.59 Å². The second-order valence-corrected chi connectivity index (χ2v) is 6.64. The summed E-state index contributed by atoms with van der Waals surface area (Å²) in [6.45, 7) is 0.917. The smallest absolute Gasteiger partial charge is 0.291 e. The molecule has 1 aliphatic heterocycles. The highest BCUT2D eigenvalue weighted by Crippen LogP contribution is 2.26. The predicted molar refractivity (Wildman–Crippen MR) is 109 cm³/mol. The van der Waals surface area contributed by atoms with Gasteiger partial charge in [-0.1, -0.05) is 24.3 Å². The van der Waals surface area contributed by atoms with Crippen molar-refractivity contribution in [3.8, 4) is 0 Å². The number of nitrogens with one attached hydrogen (secondary N) is 2. The second kappa shape index (κ2) is 8.00. The fraction of sp³-hybridized carbons (Fsp3) is 0.182. The third kappa shape index (κ3) is 3.91. The molecule has 6 heteroatoms. The number of hydrogen-bond donors (Lipinski definition) is 2. The van der Waals surface area contributed by atoms with Gasteiger partial charge in [-0.05, 0) is 54.8 Å². The van der Waals surface area contributed by atoms with Crippen molar-refractivity contribution in [1.29, 1.82) is 0 Å². The van der Waals surface area contributed by atoms with Crippen LogP contribution in [0, 0.1) is 0 Å². The van der Waals surface area contributed by atoms with Gasteiger partial charge in [0.2, 0.25) is 5.91 Å². The Labute approximate surface area is 163 Å². The number of para-hydroxylation sites is 1. The zero-order valence-electron chi connectivity index (χ0n) is 15.4. The standard InChI is InChI=1S/C22H21N3O3/c26-21(25-12-4-7-16-6-1-2-10-19(16)25)15-23-17-8-3-9-18(14-17)24-22(27)20-11-5-13-28-20/h1-3,5-6,8-11,13-14,23H,4,7,12,15H2,(H,24,27). The monoisotopic (exact) mass is 375 g/mol. The molecule has 142 valence electrons. The molecule has 4 rings (SSSR count). The van der Waals surface area contributed by atoms with Crippen molar-refractivity contribution in [2.24, 2.45) is 0 Å². The summed E-state index contributed by atoms with van der Waals surface area (Å²) in [6.07, 6.45) is 3.43. The maximum Gasteiger partial charge on any atom is 0.291 e. The van der Waals surface area contributed by atoms with Crippen molar-refractivity contribution in [2.45, 2.75) is 12.8 Å². The van der Waals surface area contributed by atoms with E-state index in [1.807, 2.05) is 35.2 Å². The van der Waals surface area contributed by atoms with Crippen molar-refractivity contribution in [3.05, 3.63) is 78.3 Å². The molecule has 2 N–H and O–H groups in total. The van der Waals surface area contributed by atoms with Crippen molar-refractivity contribution in [2.75, 3.05) is 28.6 Å². The minimum atomic E-state index is -0.317. The van der Waals surface area contributed by atoms with E-state index in [1.165, 1.54) is 11.8 Å². The third-order valence-electron chi connectivity index (χ3n) is 4.72. The Bertz CT molecular complexity index is 982. The molecule has 0 bridgehead atoms. The first-order valence-electron chi connectivity index (χ1n) is 9.28. The van der Waals surface area contributed by atoms with Crippen molar-refractivity contribution in [1.82, 2.24) is 0 Å². The number of carbonyl (C=O) groups excluding carboxylic acids is 2. The minimum absolute atomic E-state index is 0.0252. The van der Waals surface area contributed by atoms with Crippen molar-refractivity contribution in [3.63, 3.8) is 0 Å². The van der Waals surface area contributed by atoms with Crippen LogP contribution in [0.3, 0.4) is 0 Å². The van der Waals surface area contributed by atoms with E-state index in [-0.39, 0.29) is 24.1 Å². The number of fused-ring (bicyclic) bond motifs is 1. The van der Waals surface area contributed by atoms with Crippen LogP contribution >= 0.6 is 0 Å². The number of furan rings is 1. The Balaban J connectivity index is 1.39. The van der Waals surface area contributed by atoms with Crippen LogP contribution in [0.1, 0.15) is 22.5 Å². The van der Waals surface area contributed by atoms with E-state index in [2.05, 4.69) is 16.7 Å². The zero-order chi connectivity index (χ0) is 19.3. The Hall–Kier alpha value is -3.54. The highest BCUT2D eigenvalue weighted by Gasteiger charge is 2.21. The lowest BCUT2D eigenvalue weighted by Gasteiger charge is -2.29. The average molecular weight is 375 g/mol. The van der Waals surface area contributed by atoms with Gasteiger partial charge in [0.05, 0.1) is 12.8 Å². The largest absolute Gasteiger partial charge is 0.459 e. The summed E-state index contributed by atoms with van der Waals surface area (Å²) >= 11 is 0. The van der Waals surface area contributed by atoms with Crippen LogP contribution in [0.15, 0.2) is 71.3 Å². The molecule has 2 amide bonds. The Morgan fingerprint density at radius 1 is 1.00 bits per heavy atom. The van der Waals surface area contributed by atoms with Crippen LogP contribution < -0.4 is 15.5 Å². The van der Waals surface area contributed by atoms with Crippen molar-refractivity contribution < 1.29 is 14.0 Å². The maximum atomic E-state index is 12.7. The number of benzene rings is 2. The normalized spacial score (nSPS) is 12.9. The highest BCUT2D eigenvalue weighted by molar-refractivity contribution is 6.02. The van der Waals surface area contributed by atoms with Gasteiger partial charge in [0.1, 0.15) is 0 Å². The van der Waals surface area contributed by atoms with Crippen LogP contribution in [0.2, 0.25) is 0 Å². The highest BCUT2D eigenvalue weighted by atomic mass is 16.3. The molecule has 0 saturated carbocycles. The van der Waals surface area contributed by atoms with Gasteiger partial charge in [0.15, 0.2) is 5.76 Å². The molecule has 0 radical (unpaired) electrons. The van der Waals surface area contributed by atoms with Gasteiger partial charge in [-0.25, -0.2) is 0 Å². The summed E-state index contributed by atoms with van der Waals surface area (Å²) in [6, 6.07) is 18.6. The van der Waals surface area contributed by atoms with E-state index >= 15 is 0 Å². The first-order valence-corrected chi connectivity index (χ1v) is 9.28. The molecule has 3 aromatic rings. The quantitative estimate of drug-likeness (QED) is 0.709. The number of nitrogens with zero attached hydrogens (tertiary/aromatic N) is 1. The van der Waals surface area contributed by atoms with E-state index in [1.54, 1.807) is 24.3 Å². The van der Waals surface area contributed by atoms with Crippen molar-refractivity contribution >= 4 is 28.9 Å². The van der Waals surface area contributed by atoms with Gasteiger partial charge >= 0.3 is 0 Å². The lowest BCUT2D eigenvalue weighted by Crippen LogP contribution is -2.39. The number of amides is 2. The van der Waals surface area contributed by atoms with Crippen LogP contribution in [-0.2, 0) is 11.2 Å². The van der Waals surface area contributed by atoms with Crippen LogP contribution in [0.4, 0.5) is 17.1 Å². The molecule has 0 spiro atoms. The average Bonchev–Trinajstić information content (AvgIpc) is 3.27. The maximum absolute atomic E-state index is 12.7. The number of aryl methyl sites for hydroxylation is 1. The second-order valence-electron chi connectivity index (χ2n) is 6.64. The predicted octanol–water partition coefficient (Wildman–Crippen LogP) is 3.92. The first-order chi connectivity index (χ1) is 13.7. The Kier molecular flexibility index (Phi) is 5.10. The molecule has 0 fully saturated rings. The van der Waals surface area contributed by atoms with Gasteiger partial charge in [0.25, 0.3) is 5.91 Å². The molecule has 0 unspecified atom stereocenters. The molecule has 0 atom stereocenters. The Morgan fingerprint density at radius 3 is 2.71 bits per heavy atom. The van der Waals surface area contributed by atoms with E-state index in [0.29, 0.717) is 5.69 Å². The molecular formula is C22H21N3O3. The summed E-state index contributed by atoms with van der Waals surface area (Å²) in [5, 5.41) is 5.94. The minimum Gasteiger partial charge on any atom is -0.459 e. The fourth-order valence-electron chi connectivity index (χ4n) is 3.37. The van der Waals surface area contributed by atoms with Gasteiger partial charge in [-0.3, -0.25) is 9.59 Å². The van der Waals surface area contributed by atoms with Gasteiger partial charge < -0.3 is 20.0 Å². The van der Waals surface area contributed by atoms with Crippen LogP contribution in [0.5, 0.6) is 0 Å². The molecule has 2 aromatic carbocycles. The van der Waals surface area contributed by atoms with Gasteiger partial charge in [-0.15, -0.1) is 0 Å². The number of hydrogen-bond acceptors (Lipinski definition) is 4. The van der Waals surface area contributed by atoms with Crippen LogP contribution in [0.25, 0.3) is 0 Å². The number of rotatable bonds is 5. The van der Waals surface area contributed by atoms with E-state index in [4.69, 9.17) is 4.42 Å². The summed E-state index contributed by atoms with van der Waals surface area (Å²) in [7, 11) is 0. The molecule has 2 heterocycles. The van der Waals surface area contributed by atoms with Gasteiger partial charge in [-0.2, -0.15) is 0 Å². The molecule has 0 aliphatic carbocycles. The summed E-state index contributed by atoms with van der Waals surface area (Å²) in [5.41, 5.74) is 3.60. The van der Waals surface area contributed by atoms with Gasteiger partial charge in [0, 0.05) is 23.6 Å². The SMILES string of the molecule is O=C(Nc1cccc(NCC(=O)N2CCCc3ccccc32)c1)c1ccco1. The summed E-state index contributed by atoms with van der Waals surface area (Å²) in [4.78, 5) is 26.7. The first kappa shape index (κ1) is 17.9. The molecule has 28 heavy (non-hydrogen) atoms. The lowest BCUT2D eigenvalue weighted by molar-refractivity contribution is -0.117. The number of carbonyl (C=O) groups is 2. The molecular weight excluding hydrogens is 354 g/mol. The summed E-state index contributed by atoms with van der Waals surface area (Å²) < 4.78 is 5.09. The third-order valence-corrected chi connectivity index (χ3v) is 4.72. The van der Waals surface area contributed by atoms with E-state index in [0.717, 1.165) is 30.8 Å². The van der Waals surface area contributed by atoms with Crippen LogP contribution in [-0.4, -0.2) is 24.9 Å². The molecule has 1 aliphatic rings. The number of anilines is 3. The molecule has 0 saturated heterocycles. The summed E-state index contributed by atoms with van der Waals surface area (Å²) in [5.74, 6) is -0.0439. The lowest BCUT2D eigenvalue weighted by atomic mass is 10.0. The van der Waals surface area contributed by atoms with E-state index < -0.39 is 0 Å². The fourth-order valence-corrected chi connectivity index (χ4v) is 3.37. The Morgan fingerprint density at radius 2 is 1.86 bits per heavy atom. The topological polar surface area (TPSA) is 74.6 Å². The molecule has 1 aromatic heterocycles. The molecule has 6 nitrogen and oxygen atoms in total.